The molecule has 16 heavy (non-hydrogen) atoms. The maximum absolute atomic E-state index is 12.8. The Labute approximate surface area is 96.4 Å². The van der Waals surface area contributed by atoms with Gasteiger partial charge in [-0.1, -0.05) is 17.7 Å². The van der Waals surface area contributed by atoms with Crippen LogP contribution in [0.25, 0.3) is 0 Å². The zero-order valence-electron chi connectivity index (χ0n) is 8.39. The molecule has 2 N–H and O–H groups in total. The summed E-state index contributed by atoms with van der Waals surface area (Å²) < 4.78 is 38.3. The molecule has 0 bridgehead atoms. The molecular formula is C11H11ClF3N. The van der Waals surface area contributed by atoms with Gasteiger partial charge in [0.05, 0.1) is 5.56 Å². The van der Waals surface area contributed by atoms with Gasteiger partial charge in [0.25, 0.3) is 0 Å². The SMILES string of the molecule is N[C@H](c1c(Cl)cccc1C(F)(F)F)C1CC1. The lowest BCUT2D eigenvalue weighted by atomic mass is 9.97. The zero-order valence-corrected chi connectivity index (χ0v) is 9.15. The van der Waals surface area contributed by atoms with Crippen LogP contribution in [0, 0.1) is 5.92 Å². The first-order valence-electron chi connectivity index (χ1n) is 5.02. The van der Waals surface area contributed by atoms with Crippen LogP contribution in [-0.4, -0.2) is 0 Å². The summed E-state index contributed by atoms with van der Waals surface area (Å²) in [5.41, 5.74) is 5.15. The van der Waals surface area contributed by atoms with Crippen LogP contribution < -0.4 is 5.73 Å². The summed E-state index contributed by atoms with van der Waals surface area (Å²) in [5.74, 6) is 0.140. The molecule has 1 aliphatic rings. The largest absolute Gasteiger partial charge is 0.416 e. The summed E-state index contributed by atoms with van der Waals surface area (Å²) in [5, 5.41) is 0.106. The second kappa shape index (κ2) is 3.93. The molecule has 0 aliphatic heterocycles. The minimum absolute atomic E-state index is 0.0409. The van der Waals surface area contributed by atoms with Crippen molar-refractivity contribution in [1.29, 1.82) is 0 Å². The molecule has 1 aromatic rings. The molecule has 1 fully saturated rings. The fourth-order valence-corrected chi connectivity index (χ4v) is 2.11. The molecule has 0 saturated heterocycles. The van der Waals surface area contributed by atoms with Gasteiger partial charge in [0.1, 0.15) is 0 Å². The van der Waals surface area contributed by atoms with Gasteiger partial charge in [-0.3, -0.25) is 0 Å². The first kappa shape index (κ1) is 11.7. The van der Waals surface area contributed by atoms with Crippen molar-refractivity contribution in [3.63, 3.8) is 0 Å². The molecule has 88 valence electrons. The smallest absolute Gasteiger partial charge is 0.324 e. The van der Waals surface area contributed by atoms with E-state index in [0.29, 0.717) is 0 Å². The van der Waals surface area contributed by atoms with E-state index in [4.69, 9.17) is 17.3 Å². The Morgan fingerprint density at radius 3 is 2.44 bits per heavy atom. The van der Waals surface area contributed by atoms with Gasteiger partial charge in [-0.05, 0) is 36.5 Å². The topological polar surface area (TPSA) is 26.0 Å². The summed E-state index contributed by atoms with van der Waals surface area (Å²) in [6, 6.07) is 3.18. The van der Waals surface area contributed by atoms with Crippen LogP contribution in [0.15, 0.2) is 18.2 Å². The number of rotatable bonds is 2. The molecule has 2 rings (SSSR count). The van der Waals surface area contributed by atoms with Crippen LogP contribution in [0.5, 0.6) is 0 Å². The molecular weight excluding hydrogens is 239 g/mol. The molecule has 0 unspecified atom stereocenters. The van der Waals surface area contributed by atoms with E-state index >= 15 is 0 Å². The molecule has 1 atom stereocenters. The van der Waals surface area contributed by atoms with E-state index in [1.807, 2.05) is 0 Å². The first-order chi connectivity index (χ1) is 7.41. The fourth-order valence-electron chi connectivity index (χ4n) is 1.81. The maximum atomic E-state index is 12.8. The number of hydrogen-bond acceptors (Lipinski definition) is 1. The van der Waals surface area contributed by atoms with Gasteiger partial charge in [0, 0.05) is 11.1 Å². The van der Waals surface area contributed by atoms with Gasteiger partial charge < -0.3 is 5.73 Å². The van der Waals surface area contributed by atoms with E-state index in [1.165, 1.54) is 12.1 Å². The van der Waals surface area contributed by atoms with Gasteiger partial charge in [0.15, 0.2) is 0 Å². The van der Waals surface area contributed by atoms with Crippen molar-refractivity contribution in [2.45, 2.75) is 25.1 Å². The van der Waals surface area contributed by atoms with Crippen LogP contribution in [0.2, 0.25) is 5.02 Å². The molecule has 1 aliphatic carbocycles. The van der Waals surface area contributed by atoms with Crippen LogP contribution in [0.3, 0.4) is 0 Å². The maximum Gasteiger partial charge on any atom is 0.416 e. The van der Waals surface area contributed by atoms with Crippen molar-refractivity contribution in [3.05, 3.63) is 34.3 Å². The Balaban J connectivity index is 2.48. The summed E-state index contributed by atoms with van der Waals surface area (Å²) in [6.07, 6.45) is -2.64. The number of halogens is 4. The first-order valence-corrected chi connectivity index (χ1v) is 5.40. The Morgan fingerprint density at radius 2 is 1.94 bits per heavy atom. The van der Waals surface area contributed by atoms with Gasteiger partial charge in [-0.15, -0.1) is 0 Å². The van der Waals surface area contributed by atoms with E-state index in [1.54, 1.807) is 0 Å². The number of nitrogens with two attached hydrogens (primary N) is 1. The van der Waals surface area contributed by atoms with E-state index in [0.717, 1.165) is 18.9 Å². The van der Waals surface area contributed by atoms with E-state index in [9.17, 15) is 13.2 Å². The number of benzene rings is 1. The highest BCUT2D eigenvalue weighted by atomic mass is 35.5. The van der Waals surface area contributed by atoms with Gasteiger partial charge >= 0.3 is 6.18 Å². The summed E-state index contributed by atoms with van der Waals surface area (Å²) in [4.78, 5) is 0. The zero-order chi connectivity index (χ0) is 11.9. The number of alkyl halides is 3. The molecule has 0 heterocycles. The standard InChI is InChI=1S/C11H11ClF3N/c12-8-3-1-2-7(11(13,14)15)9(8)10(16)6-4-5-6/h1-3,6,10H,4-5,16H2/t10-/m0/s1. The Kier molecular flexibility index (Phi) is 2.88. The predicted molar refractivity (Wildman–Crippen MR) is 56.1 cm³/mol. The molecule has 0 amide bonds. The average Bonchev–Trinajstić information content (AvgIpc) is 2.98. The van der Waals surface area contributed by atoms with E-state index in [2.05, 4.69) is 0 Å². The lowest BCUT2D eigenvalue weighted by Gasteiger charge is -2.19. The fraction of sp³-hybridized carbons (Fsp3) is 0.455. The Hall–Kier alpha value is -0.740. The lowest BCUT2D eigenvalue weighted by Crippen LogP contribution is -2.19. The Morgan fingerprint density at radius 1 is 1.31 bits per heavy atom. The van der Waals surface area contributed by atoms with Crippen molar-refractivity contribution in [2.75, 3.05) is 0 Å². The molecule has 1 aromatic carbocycles. The molecule has 1 nitrogen and oxygen atoms in total. The van der Waals surface area contributed by atoms with E-state index < -0.39 is 17.8 Å². The number of hydrogen-bond donors (Lipinski definition) is 1. The van der Waals surface area contributed by atoms with Crippen molar-refractivity contribution in [1.82, 2.24) is 0 Å². The average molecular weight is 250 g/mol. The summed E-state index contributed by atoms with van der Waals surface area (Å²) in [7, 11) is 0. The van der Waals surface area contributed by atoms with Crippen LogP contribution in [0.4, 0.5) is 13.2 Å². The van der Waals surface area contributed by atoms with Crippen LogP contribution in [0.1, 0.15) is 30.0 Å². The molecule has 5 heteroatoms. The third-order valence-electron chi connectivity index (χ3n) is 2.82. The predicted octanol–water partition coefficient (Wildman–Crippen LogP) is 3.77. The van der Waals surface area contributed by atoms with Crippen molar-refractivity contribution in [3.8, 4) is 0 Å². The Bertz CT molecular complexity index is 399. The van der Waals surface area contributed by atoms with Gasteiger partial charge in [-0.25, -0.2) is 0 Å². The van der Waals surface area contributed by atoms with Gasteiger partial charge in [-0.2, -0.15) is 13.2 Å². The highest BCUT2D eigenvalue weighted by molar-refractivity contribution is 6.31. The molecule has 0 spiro atoms. The second-order valence-corrected chi connectivity index (χ2v) is 4.47. The van der Waals surface area contributed by atoms with Crippen molar-refractivity contribution < 1.29 is 13.2 Å². The molecule has 0 radical (unpaired) electrons. The summed E-state index contributed by atoms with van der Waals surface area (Å²) in [6.45, 7) is 0. The third kappa shape index (κ3) is 2.18. The molecule has 0 aromatic heterocycles. The van der Waals surface area contributed by atoms with Crippen molar-refractivity contribution in [2.24, 2.45) is 11.7 Å². The van der Waals surface area contributed by atoms with Gasteiger partial charge in [0.2, 0.25) is 0 Å². The van der Waals surface area contributed by atoms with Crippen molar-refractivity contribution >= 4 is 11.6 Å². The minimum atomic E-state index is -4.40. The quantitative estimate of drug-likeness (QED) is 0.848. The third-order valence-corrected chi connectivity index (χ3v) is 3.15. The minimum Gasteiger partial charge on any atom is -0.324 e. The lowest BCUT2D eigenvalue weighted by molar-refractivity contribution is -0.138. The highest BCUT2D eigenvalue weighted by Crippen LogP contribution is 2.45. The van der Waals surface area contributed by atoms with Crippen LogP contribution in [-0.2, 0) is 6.18 Å². The summed E-state index contributed by atoms with van der Waals surface area (Å²) >= 11 is 5.82. The monoisotopic (exact) mass is 249 g/mol. The van der Waals surface area contributed by atoms with Crippen LogP contribution >= 0.6 is 11.6 Å². The van der Waals surface area contributed by atoms with E-state index in [-0.39, 0.29) is 16.5 Å². The normalized spacial score (nSPS) is 18.6. The molecule has 1 saturated carbocycles. The highest BCUT2D eigenvalue weighted by Gasteiger charge is 2.39. The second-order valence-electron chi connectivity index (χ2n) is 4.06.